The van der Waals surface area contributed by atoms with Crippen molar-refractivity contribution in [2.24, 2.45) is 40.4 Å². The van der Waals surface area contributed by atoms with E-state index in [1.807, 2.05) is 0 Å². The summed E-state index contributed by atoms with van der Waals surface area (Å²) in [7, 11) is 0. The van der Waals surface area contributed by atoms with E-state index in [1.165, 1.54) is 6.92 Å². The lowest BCUT2D eigenvalue weighted by Gasteiger charge is -2.63. The van der Waals surface area contributed by atoms with Crippen LogP contribution in [0.1, 0.15) is 72.6 Å². The van der Waals surface area contributed by atoms with Gasteiger partial charge in [-0.1, -0.05) is 13.8 Å². The number of Topliss-reactive ketones (excluding diaryl/α,β-unsaturated/α-hetero) is 1. The minimum Gasteiger partial charge on any atom is -0.462 e. The van der Waals surface area contributed by atoms with Crippen molar-refractivity contribution in [3.8, 4) is 0 Å². The molecular formula is C23H36O5. The van der Waals surface area contributed by atoms with Crippen molar-refractivity contribution < 1.29 is 24.5 Å². The van der Waals surface area contributed by atoms with Crippen LogP contribution in [0.5, 0.6) is 0 Å². The van der Waals surface area contributed by atoms with Gasteiger partial charge in [0.1, 0.15) is 11.9 Å². The van der Waals surface area contributed by atoms with Gasteiger partial charge in [0.25, 0.3) is 0 Å². The summed E-state index contributed by atoms with van der Waals surface area (Å²) >= 11 is 0. The highest BCUT2D eigenvalue weighted by atomic mass is 16.5. The standard InChI is InChI=1S/C23H36O5/c1-12(24)16-5-6-17-21-18(11-20(27)23(16,17)4)22(3)8-7-15(26)9-14(22)10-19(21)28-13(2)25/h14-21,26-27H,5-11H2,1-4H3/t14-,15+,16-,17-,18+,19+,20-,21-,22-,23-/m0/s1. The predicted molar refractivity (Wildman–Crippen MR) is 104 cm³/mol. The van der Waals surface area contributed by atoms with Gasteiger partial charge in [0, 0.05) is 24.2 Å². The van der Waals surface area contributed by atoms with Gasteiger partial charge in [0.05, 0.1) is 12.2 Å². The molecule has 0 heterocycles. The van der Waals surface area contributed by atoms with Crippen molar-refractivity contribution in [1.29, 1.82) is 0 Å². The smallest absolute Gasteiger partial charge is 0.302 e. The molecule has 4 rings (SSSR count). The number of hydrogen-bond acceptors (Lipinski definition) is 5. The van der Waals surface area contributed by atoms with Crippen molar-refractivity contribution in [3.63, 3.8) is 0 Å². The molecule has 0 aromatic carbocycles. The minimum atomic E-state index is -0.504. The fourth-order valence-electron chi connectivity index (χ4n) is 8.14. The molecule has 5 heteroatoms. The van der Waals surface area contributed by atoms with Crippen molar-refractivity contribution in [2.75, 3.05) is 0 Å². The van der Waals surface area contributed by atoms with Crippen molar-refractivity contribution in [2.45, 2.75) is 91.0 Å². The molecule has 158 valence electrons. The number of esters is 1. The average Bonchev–Trinajstić information content (AvgIpc) is 2.96. The quantitative estimate of drug-likeness (QED) is 0.706. The third kappa shape index (κ3) is 2.79. The van der Waals surface area contributed by atoms with Crippen molar-refractivity contribution in [3.05, 3.63) is 0 Å². The Labute approximate surface area is 168 Å². The summed E-state index contributed by atoms with van der Waals surface area (Å²) in [5.41, 5.74) is -0.375. The fraction of sp³-hybridized carbons (Fsp3) is 0.913. The first-order valence-corrected chi connectivity index (χ1v) is 11.1. The Kier molecular flexibility index (Phi) is 4.94. The molecule has 0 aromatic heterocycles. The second kappa shape index (κ2) is 6.80. The molecule has 0 amide bonds. The van der Waals surface area contributed by atoms with Crippen LogP contribution in [-0.4, -0.2) is 40.3 Å². The Hall–Kier alpha value is -0.940. The third-order valence-corrected chi connectivity index (χ3v) is 9.55. The molecule has 4 aliphatic rings. The van der Waals surface area contributed by atoms with Crippen LogP contribution in [0.25, 0.3) is 0 Å². The van der Waals surface area contributed by atoms with Crippen LogP contribution in [-0.2, 0) is 14.3 Å². The molecule has 10 atom stereocenters. The molecule has 0 unspecified atom stereocenters. The summed E-state index contributed by atoms with van der Waals surface area (Å²) in [5.74, 6) is 0.780. The van der Waals surface area contributed by atoms with E-state index in [1.54, 1.807) is 6.92 Å². The molecule has 2 N–H and O–H groups in total. The lowest BCUT2D eigenvalue weighted by atomic mass is 9.43. The van der Waals surface area contributed by atoms with Crippen molar-refractivity contribution in [1.82, 2.24) is 0 Å². The maximum atomic E-state index is 12.4. The van der Waals surface area contributed by atoms with Crippen LogP contribution in [0.2, 0.25) is 0 Å². The van der Waals surface area contributed by atoms with Gasteiger partial charge in [-0.3, -0.25) is 9.59 Å². The average molecular weight is 393 g/mol. The zero-order valence-electron chi connectivity index (χ0n) is 17.7. The molecular weight excluding hydrogens is 356 g/mol. The number of hydrogen-bond donors (Lipinski definition) is 2. The molecule has 4 aliphatic carbocycles. The molecule has 0 bridgehead atoms. The van der Waals surface area contributed by atoms with E-state index in [9.17, 15) is 19.8 Å². The van der Waals surface area contributed by atoms with Crippen LogP contribution in [0.15, 0.2) is 0 Å². The number of carbonyl (C=O) groups excluding carboxylic acids is 2. The van der Waals surface area contributed by atoms with Gasteiger partial charge in [0.15, 0.2) is 0 Å². The molecule has 0 saturated heterocycles. The summed E-state index contributed by atoms with van der Waals surface area (Å²) in [4.78, 5) is 24.3. The largest absolute Gasteiger partial charge is 0.462 e. The van der Waals surface area contributed by atoms with Crippen LogP contribution >= 0.6 is 0 Å². The highest BCUT2D eigenvalue weighted by Gasteiger charge is 2.66. The molecule has 4 saturated carbocycles. The van der Waals surface area contributed by atoms with E-state index >= 15 is 0 Å². The van der Waals surface area contributed by atoms with Gasteiger partial charge in [-0.25, -0.2) is 0 Å². The van der Waals surface area contributed by atoms with E-state index in [4.69, 9.17) is 4.74 Å². The number of fused-ring (bicyclic) bond motifs is 5. The van der Waals surface area contributed by atoms with Crippen LogP contribution in [0.4, 0.5) is 0 Å². The Morgan fingerprint density at radius 3 is 2.32 bits per heavy atom. The predicted octanol–water partition coefficient (Wildman–Crippen LogP) is 3.11. The molecule has 4 fully saturated rings. The Bertz CT molecular complexity index is 661. The lowest BCUT2D eigenvalue weighted by Crippen LogP contribution is -2.63. The number of rotatable bonds is 2. The first kappa shape index (κ1) is 20.3. The second-order valence-corrected chi connectivity index (χ2v) is 10.7. The molecule has 0 aromatic rings. The van der Waals surface area contributed by atoms with Crippen LogP contribution in [0.3, 0.4) is 0 Å². The summed E-state index contributed by atoms with van der Waals surface area (Å²) in [6.45, 7) is 7.56. The van der Waals surface area contributed by atoms with Gasteiger partial charge in [0.2, 0.25) is 0 Å². The van der Waals surface area contributed by atoms with E-state index in [0.717, 1.165) is 38.5 Å². The first-order valence-electron chi connectivity index (χ1n) is 11.1. The number of carbonyl (C=O) groups is 2. The number of aliphatic hydroxyl groups is 2. The Morgan fingerprint density at radius 1 is 0.964 bits per heavy atom. The maximum absolute atomic E-state index is 12.4. The minimum absolute atomic E-state index is 0.0527. The Balaban J connectivity index is 1.75. The number of aliphatic hydroxyl groups excluding tert-OH is 2. The van der Waals surface area contributed by atoms with Crippen LogP contribution in [0, 0.1) is 40.4 Å². The van der Waals surface area contributed by atoms with Gasteiger partial charge in [-0.15, -0.1) is 0 Å². The fourth-order valence-corrected chi connectivity index (χ4v) is 8.14. The van der Waals surface area contributed by atoms with E-state index in [0.29, 0.717) is 12.3 Å². The lowest BCUT2D eigenvalue weighted by molar-refractivity contribution is -0.214. The third-order valence-electron chi connectivity index (χ3n) is 9.55. The summed E-state index contributed by atoms with van der Waals surface area (Å²) in [6.07, 6.45) is 4.77. The van der Waals surface area contributed by atoms with Gasteiger partial charge < -0.3 is 14.9 Å². The summed E-state index contributed by atoms with van der Waals surface area (Å²) < 4.78 is 5.89. The first-order chi connectivity index (χ1) is 13.1. The van der Waals surface area contributed by atoms with Gasteiger partial charge in [-0.2, -0.15) is 0 Å². The summed E-state index contributed by atoms with van der Waals surface area (Å²) in [5, 5.41) is 21.6. The summed E-state index contributed by atoms with van der Waals surface area (Å²) in [6, 6.07) is 0. The normalized spacial score (nSPS) is 52.9. The number of ether oxygens (including phenoxy) is 1. The van der Waals surface area contributed by atoms with Crippen LogP contribution < -0.4 is 0 Å². The Morgan fingerprint density at radius 2 is 1.68 bits per heavy atom. The van der Waals surface area contributed by atoms with Gasteiger partial charge in [-0.05, 0) is 75.0 Å². The second-order valence-electron chi connectivity index (χ2n) is 10.7. The topological polar surface area (TPSA) is 83.8 Å². The zero-order chi connectivity index (χ0) is 20.4. The highest BCUT2D eigenvalue weighted by molar-refractivity contribution is 5.79. The molecule has 0 aliphatic heterocycles. The van der Waals surface area contributed by atoms with E-state index in [2.05, 4.69) is 13.8 Å². The molecule has 0 spiro atoms. The monoisotopic (exact) mass is 392 g/mol. The SMILES string of the molecule is CC(=O)O[C@@H]1C[C@@H]2C[C@H](O)CC[C@]2(C)[C@@H]2C[C@H](O)[C@@]3(C)[C@H](C(C)=O)CC[C@H]3[C@@H]21. The highest BCUT2D eigenvalue weighted by Crippen LogP contribution is 2.67. The van der Waals surface area contributed by atoms with Gasteiger partial charge >= 0.3 is 5.97 Å². The molecule has 5 nitrogen and oxygen atoms in total. The number of ketones is 1. The molecule has 28 heavy (non-hydrogen) atoms. The zero-order valence-corrected chi connectivity index (χ0v) is 17.7. The maximum Gasteiger partial charge on any atom is 0.302 e. The van der Waals surface area contributed by atoms with Crippen molar-refractivity contribution >= 4 is 11.8 Å². The molecule has 0 radical (unpaired) electrons. The van der Waals surface area contributed by atoms with E-state index < -0.39 is 11.5 Å². The van der Waals surface area contributed by atoms with E-state index in [-0.39, 0.29) is 53.0 Å².